The van der Waals surface area contributed by atoms with E-state index >= 15 is 0 Å². The second-order valence-corrected chi connectivity index (χ2v) is 6.84. The van der Waals surface area contributed by atoms with Gasteiger partial charge >= 0.3 is 0 Å². The van der Waals surface area contributed by atoms with Crippen molar-refractivity contribution in [2.45, 2.75) is 32.2 Å². The third-order valence-electron chi connectivity index (χ3n) is 3.77. The highest BCUT2D eigenvalue weighted by Crippen LogP contribution is 2.34. The third-order valence-corrected chi connectivity index (χ3v) is 4.69. The Morgan fingerprint density at radius 3 is 2.47 bits per heavy atom. The van der Waals surface area contributed by atoms with E-state index in [-0.39, 0.29) is 6.61 Å². The number of aliphatic hydroxyl groups is 1. The molecule has 1 aromatic heterocycles. The van der Waals surface area contributed by atoms with Gasteiger partial charge in [-0.05, 0) is 43.6 Å². The highest BCUT2D eigenvalue weighted by molar-refractivity contribution is 7.10. The van der Waals surface area contributed by atoms with Crippen LogP contribution in [0.2, 0.25) is 0 Å². The van der Waals surface area contributed by atoms with Crippen LogP contribution >= 0.6 is 11.3 Å². The molecule has 0 radical (unpaired) electrons. The Balaban J connectivity index is 1.57. The lowest BCUT2D eigenvalue weighted by molar-refractivity contribution is 0.246. The lowest BCUT2D eigenvalue weighted by atomic mass is 10.2. The summed E-state index contributed by atoms with van der Waals surface area (Å²) in [5.74, 6) is 7.63. The van der Waals surface area contributed by atoms with Crippen molar-refractivity contribution in [1.29, 1.82) is 0 Å². The van der Waals surface area contributed by atoms with Crippen molar-refractivity contribution < 1.29 is 5.11 Å². The van der Waals surface area contributed by atoms with Crippen LogP contribution in [0, 0.1) is 23.7 Å². The monoisotopic (exact) mass is 275 g/mol. The largest absolute Gasteiger partial charge is 0.384 e. The molecule has 2 fully saturated rings. The van der Waals surface area contributed by atoms with E-state index in [0.717, 1.165) is 23.9 Å². The first-order chi connectivity index (χ1) is 9.33. The number of thiophene rings is 1. The van der Waals surface area contributed by atoms with Crippen LogP contribution in [-0.4, -0.2) is 29.7 Å². The molecule has 2 aliphatic carbocycles. The number of nitrogens with zero attached hydrogens (tertiary/aromatic N) is 1. The molecule has 0 aliphatic heterocycles. The molecule has 2 nitrogen and oxygen atoms in total. The fraction of sp³-hybridized carbons (Fsp3) is 0.625. The molecule has 0 atom stereocenters. The van der Waals surface area contributed by atoms with Crippen molar-refractivity contribution in [3.05, 3.63) is 21.9 Å². The van der Waals surface area contributed by atoms with E-state index in [0.29, 0.717) is 0 Å². The average molecular weight is 275 g/mol. The van der Waals surface area contributed by atoms with Gasteiger partial charge in [0.25, 0.3) is 0 Å². The van der Waals surface area contributed by atoms with Crippen LogP contribution in [0.1, 0.15) is 36.1 Å². The Morgan fingerprint density at radius 1 is 1.21 bits per heavy atom. The van der Waals surface area contributed by atoms with E-state index in [1.165, 1.54) is 43.6 Å². The Hall–Kier alpha value is -0.820. The van der Waals surface area contributed by atoms with Gasteiger partial charge < -0.3 is 5.11 Å². The second kappa shape index (κ2) is 6.09. The maximum atomic E-state index is 8.71. The van der Waals surface area contributed by atoms with E-state index < -0.39 is 0 Å². The smallest absolute Gasteiger partial charge is 0.104 e. The van der Waals surface area contributed by atoms with Gasteiger partial charge in [-0.2, -0.15) is 0 Å². The second-order valence-electron chi connectivity index (χ2n) is 5.84. The van der Waals surface area contributed by atoms with Crippen LogP contribution in [0.4, 0.5) is 0 Å². The van der Waals surface area contributed by atoms with Gasteiger partial charge in [-0.3, -0.25) is 4.90 Å². The minimum Gasteiger partial charge on any atom is -0.384 e. The van der Waals surface area contributed by atoms with Crippen LogP contribution in [0.25, 0.3) is 0 Å². The molecule has 0 amide bonds. The van der Waals surface area contributed by atoms with Gasteiger partial charge in [-0.1, -0.05) is 11.8 Å². The molecule has 0 saturated heterocycles. The van der Waals surface area contributed by atoms with Crippen molar-refractivity contribution in [1.82, 2.24) is 4.90 Å². The molecule has 1 N–H and O–H groups in total. The summed E-state index contributed by atoms with van der Waals surface area (Å²) in [5, 5.41) is 10.8. The van der Waals surface area contributed by atoms with Crippen LogP contribution in [0.5, 0.6) is 0 Å². The summed E-state index contributed by atoms with van der Waals surface area (Å²) in [6.07, 6.45) is 5.72. The summed E-state index contributed by atoms with van der Waals surface area (Å²) in [7, 11) is 0. The predicted molar refractivity (Wildman–Crippen MR) is 79.0 cm³/mol. The Bertz CT molecular complexity index is 462. The normalized spacial score (nSPS) is 18.4. The van der Waals surface area contributed by atoms with Crippen LogP contribution in [0.3, 0.4) is 0 Å². The van der Waals surface area contributed by atoms with E-state index in [1.807, 2.05) is 0 Å². The molecule has 102 valence electrons. The molecular weight excluding hydrogens is 254 g/mol. The van der Waals surface area contributed by atoms with Gasteiger partial charge in [0.1, 0.15) is 6.61 Å². The average Bonchev–Trinajstić information content (AvgIpc) is 3.31. The van der Waals surface area contributed by atoms with Crippen LogP contribution in [0.15, 0.2) is 11.4 Å². The molecule has 0 aromatic carbocycles. The van der Waals surface area contributed by atoms with E-state index in [2.05, 4.69) is 28.2 Å². The number of hydrogen-bond donors (Lipinski definition) is 1. The van der Waals surface area contributed by atoms with Gasteiger partial charge in [0.2, 0.25) is 0 Å². The van der Waals surface area contributed by atoms with Gasteiger partial charge in [0.05, 0.1) is 0 Å². The molecule has 0 unspecified atom stereocenters. The van der Waals surface area contributed by atoms with Crippen molar-refractivity contribution in [2.24, 2.45) is 11.8 Å². The first-order valence-corrected chi connectivity index (χ1v) is 8.11. The van der Waals surface area contributed by atoms with E-state index in [4.69, 9.17) is 5.11 Å². The first-order valence-electron chi connectivity index (χ1n) is 7.23. The molecule has 1 heterocycles. The highest BCUT2D eigenvalue weighted by Gasteiger charge is 2.29. The Kier molecular flexibility index (Phi) is 4.22. The molecule has 2 aliphatic rings. The Morgan fingerprint density at radius 2 is 1.89 bits per heavy atom. The summed E-state index contributed by atoms with van der Waals surface area (Å²) in [5.41, 5.74) is 1.05. The van der Waals surface area contributed by atoms with E-state index in [9.17, 15) is 0 Å². The van der Waals surface area contributed by atoms with Gasteiger partial charge in [-0.25, -0.2) is 0 Å². The van der Waals surface area contributed by atoms with Gasteiger partial charge in [0, 0.05) is 35.5 Å². The summed E-state index contributed by atoms with van der Waals surface area (Å²) in [6, 6.07) is 2.18. The minimum atomic E-state index is -0.0549. The number of hydrogen-bond acceptors (Lipinski definition) is 3. The lowest BCUT2D eigenvalue weighted by Crippen LogP contribution is -2.27. The molecule has 2 saturated carbocycles. The summed E-state index contributed by atoms with van der Waals surface area (Å²) in [6.45, 7) is 3.59. The fourth-order valence-corrected chi connectivity index (χ4v) is 3.28. The van der Waals surface area contributed by atoms with Gasteiger partial charge in [0.15, 0.2) is 0 Å². The summed E-state index contributed by atoms with van der Waals surface area (Å²) >= 11 is 1.80. The SMILES string of the molecule is OCC#Cc1csc(CN(CC2CC2)CC2CC2)c1. The molecular formula is C16H21NOS. The molecule has 19 heavy (non-hydrogen) atoms. The first kappa shape index (κ1) is 13.2. The van der Waals surface area contributed by atoms with E-state index in [1.54, 1.807) is 11.3 Å². The molecule has 1 aromatic rings. The number of rotatable bonds is 6. The zero-order chi connectivity index (χ0) is 13.1. The predicted octanol–water partition coefficient (Wildman–Crippen LogP) is 2.71. The maximum absolute atomic E-state index is 8.71. The lowest BCUT2D eigenvalue weighted by Gasteiger charge is -2.21. The molecule has 0 spiro atoms. The van der Waals surface area contributed by atoms with Crippen molar-refractivity contribution in [3.63, 3.8) is 0 Å². The highest BCUT2D eigenvalue weighted by atomic mass is 32.1. The third kappa shape index (κ3) is 4.35. The Labute approximate surface area is 119 Å². The van der Waals surface area contributed by atoms with Crippen molar-refractivity contribution in [2.75, 3.05) is 19.7 Å². The molecule has 0 bridgehead atoms. The topological polar surface area (TPSA) is 23.5 Å². The quantitative estimate of drug-likeness (QED) is 0.807. The van der Waals surface area contributed by atoms with Crippen LogP contribution in [-0.2, 0) is 6.54 Å². The molecule has 3 rings (SSSR count). The van der Waals surface area contributed by atoms with Gasteiger partial charge in [-0.15, -0.1) is 11.3 Å². The fourth-order valence-electron chi connectivity index (χ4n) is 2.43. The zero-order valence-electron chi connectivity index (χ0n) is 11.3. The van der Waals surface area contributed by atoms with Crippen molar-refractivity contribution >= 4 is 11.3 Å². The summed E-state index contributed by atoms with van der Waals surface area (Å²) < 4.78 is 0. The number of aliphatic hydroxyl groups excluding tert-OH is 1. The minimum absolute atomic E-state index is 0.0549. The standard InChI is InChI=1S/C16H21NOS/c18-7-1-2-15-8-16(19-12-15)11-17(9-13-3-4-13)10-14-5-6-14/h8,12-14,18H,3-7,9-11H2. The molecule has 3 heteroatoms. The maximum Gasteiger partial charge on any atom is 0.104 e. The van der Waals surface area contributed by atoms with Crippen molar-refractivity contribution in [3.8, 4) is 11.8 Å². The summed E-state index contributed by atoms with van der Waals surface area (Å²) in [4.78, 5) is 4.05. The van der Waals surface area contributed by atoms with Crippen LogP contribution < -0.4 is 0 Å². The zero-order valence-corrected chi connectivity index (χ0v) is 12.1.